The Bertz CT molecular complexity index is 995. The zero-order chi connectivity index (χ0) is 25.4. The summed E-state index contributed by atoms with van der Waals surface area (Å²) in [6.45, 7) is 9.91. The predicted octanol–water partition coefficient (Wildman–Crippen LogP) is 1.85. The van der Waals surface area contributed by atoms with Gasteiger partial charge in [-0.05, 0) is 36.8 Å². The molecule has 0 aromatic rings. The first-order valence-corrected chi connectivity index (χ1v) is 12.1. The molecule has 0 aromatic carbocycles. The Balaban J connectivity index is 1.94. The van der Waals surface area contributed by atoms with Gasteiger partial charge in [0.1, 0.15) is 11.7 Å². The molecule has 8 heteroatoms. The molecule has 4 aliphatic carbocycles. The van der Waals surface area contributed by atoms with Crippen LogP contribution < -0.4 is 0 Å². The number of aliphatic hydroxyl groups excluding tert-OH is 2. The summed E-state index contributed by atoms with van der Waals surface area (Å²) in [7, 11) is 0. The SMILES string of the molecule is CCCC(=O)O[C@@]12CC(C)C34C=C(C)[C@H](OC(C)=O)[C@@]3(O)[C@H](O)C(CO)=C[C@H](C4=O)[C@@H]1C2(C)C. The molecule has 34 heavy (non-hydrogen) atoms. The Labute approximate surface area is 200 Å². The first kappa shape index (κ1) is 25.1. The molecule has 0 aliphatic heterocycles. The largest absolute Gasteiger partial charge is 0.458 e. The lowest BCUT2D eigenvalue weighted by Gasteiger charge is -2.49. The number of hydrogen-bond donors (Lipinski definition) is 3. The van der Waals surface area contributed by atoms with E-state index in [0.29, 0.717) is 18.4 Å². The summed E-state index contributed by atoms with van der Waals surface area (Å²) in [4.78, 5) is 39.0. The minimum Gasteiger partial charge on any atom is -0.458 e. The second kappa shape index (κ2) is 7.73. The summed E-state index contributed by atoms with van der Waals surface area (Å²) in [6, 6.07) is 0. The van der Waals surface area contributed by atoms with E-state index in [4.69, 9.17) is 9.47 Å². The molecule has 0 amide bonds. The monoisotopic (exact) mass is 476 g/mol. The van der Waals surface area contributed by atoms with Crippen LogP contribution in [0.4, 0.5) is 0 Å². The van der Waals surface area contributed by atoms with Crippen molar-refractivity contribution in [2.45, 2.75) is 84.2 Å². The minimum atomic E-state index is -2.21. The van der Waals surface area contributed by atoms with Gasteiger partial charge in [-0.25, -0.2) is 0 Å². The van der Waals surface area contributed by atoms with E-state index in [0.717, 1.165) is 0 Å². The molecular weight excluding hydrogens is 440 g/mol. The van der Waals surface area contributed by atoms with Crippen LogP contribution in [0.5, 0.6) is 0 Å². The number of ketones is 1. The molecule has 2 fully saturated rings. The number of hydrogen-bond acceptors (Lipinski definition) is 8. The van der Waals surface area contributed by atoms with Gasteiger partial charge in [0, 0.05) is 30.6 Å². The highest BCUT2D eigenvalue weighted by molar-refractivity contribution is 5.96. The number of ether oxygens (including phenoxy) is 2. The van der Waals surface area contributed by atoms with E-state index in [1.165, 1.54) is 6.92 Å². The van der Waals surface area contributed by atoms with Crippen molar-refractivity contribution < 1.29 is 39.2 Å². The molecule has 8 nitrogen and oxygen atoms in total. The van der Waals surface area contributed by atoms with Crippen LogP contribution in [-0.2, 0) is 23.9 Å². The van der Waals surface area contributed by atoms with Crippen LogP contribution in [0, 0.1) is 28.6 Å². The van der Waals surface area contributed by atoms with E-state index < -0.39 is 58.7 Å². The lowest BCUT2D eigenvalue weighted by molar-refractivity contribution is -0.203. The fraction of sp³-hybridized carbons (Fsp3) is 0.731. The maximum Gasteiger partial charge on any atom is 0.306 e. The summed E-state index contributed by atoms with van der Waals surface area (Å²) >= 11 is 0. The standard InChI is InChI=1S/C26H36O8/c1-7-8-18(29)34-25-11-14(3)24-10-13(2)22(33-15(4)28)26(24,32)20(30)16(12-27)9-17(21(24)31)19(25)23(25,5)6/h9-10,14,17,19-20,22,27,30,32H,7-8,11-12H2,1-6H3/t14?,17-,19+,20+,22-,24?,25-,26-/m0/s1. The minimum absolute atomic E-state index is 0.0913. The normalized spacial score (nSPS) is 44.0. The molecule has 188 valence electrons. The summed E-state index contributed by atoms with van der Waals surface area (Å²) < 4.78 is 11.6. The highest BCUT2D eigenvalue weighted by atomic mass is 16.6. The van der Waals surface area contributed by atoms with Gasteiger partial charge in [0.05, 0.1) is 12.0 Å². The van der Waals surface area contributed by atoms with Crippen molar-refractivity contribution in [3.8, 4) is 0 Å². The number of carbonyl (C=O) groups excluding carboxylic acids is 3. The first-order chi connectivity index (χ1) is 15.8. The van der Waals surface area contributed by atoms with Gasteiger partial charge >= 0.3 is 11.9 Å². The molecular formula is C26H36O8. The number of carbonyl (C=O) groups is 3. The van der Waals surface area contributed by atoms with Gasteiger partial charge in [0.15, 0.2) is 17.5 Å². The third-order valence-electron chi connectivity index (χ3n) is 9.05. The van der Waals surface area contributed by atoms with E-state index in [2.05, 4.69) is 0 Å². The Morgan fingerprint density at radius 1 is 1.26 bits per heavy atom. The quantitative estimate of drug-likeness (QED) is 0.405. The second-order valence-corrected chi connectivity index (χ2v) is 11.2. The summed E-state index contributed by atoms with van der Waals surface area (Å²) in [5, 5.41) is 33.8. The maximum atomic E-state index is 14.4. The van der Waals surface area contributed by atoms with Gasteiger partial charge in [-0.2, -0.15) is 0 Å². The van der Waals surface area contributed by atoms with Crippen LogP contribution >= 0.6 is 0 Å². The number of rotatable bonds is 5. The topological polar surface area (TPSA) is 130 Å². The number of esters is 2. The van der Waals surface area contributed by atoms with Gasteiger partial charge in [-0.3, -0.25) is 14.4 Å². The summed E-state index contributed by atoms with van der Waals surface area (Å²) in [5.74, 6) is -3.06. The fourth-order valence-electron chi connectivity index (χ4n) is 7.52. The Morgan fingerprint density at radius 3 is 2.47 bits per heavy atom. The molecule has 4 aliphatic rings. The highest BCUT2D eigenvalue weighted by Gasteiger charge is 2.83. The van der Waals surface area contributed by atoms with E-state index >= 15 is 0 Å². The molecule has 0 heterocycles. The van der Waals surface area contributed by atoms with E-state index in [1.807, 2.05) is 27.7 Å². The Hall–Kier alpha value is -2.03. The molecule has 4 rings (SSSR count). The number of fused-ring (bicyclic) bond motifs is 3. The van der Waals surface area contributed by atoms with E-state index in [-0.39, 0.29) is 29.7 Å². The smallest absolute Gasteiger partial charge is 0.306 e. The van der Waals surface area contributed by atoms with Crippen molar-refractivity contribution in [2.75, 3.05) is 6.61 Å². The molecule has 1 spiro atoms. The van der Waals surface area contributed by atoms with Gasteiger partial charge < -0.3 is 24.8 Å². The van der Waals surface area contributed by atoms with Crippen molar-refractivity contribution in [3.05, 3.63) is 23.3 Å². The lowest BCUT2D eigenvalue weighted by atomic mass is 9.59. The molecule has 8 atom stereocenters. The van der Waals surface area contributed by atoms with Crippen LogP contribution in [0.25, 0.3) is 0 Å². The zero-order valence-corrected chi connectivity index (χ0v) is 20.8. The van der Waals surface area contributed by atoms with E-state index in [9.17, 15) is 29.7 Å². The fourth-order valence-corrected chi connectivity index (χ4v) is 7.52. The number of aliphatic hydroxyl groups is 3. The summed E-state index contributed by atoms with van der Waals surface area (Å²) in [6.07, 6.45) is 1.47. The third kappa shape index (κ3) is 2.85. The Morgan fingerprint density at radius 2 is 1.91 bits per heavy atom. The predicted molar refractivity (Wildman–Crippen MR) is 121 cm³/mol. The molecule has 2 unspecified atom stereocenters. The van der Waals surface area contributed by atoms with Crippen LogP contribution in [0.3, 0.4) is 0 Å². The molecule has 0 aromatic heterocycles. The third-order valence-corrected chi connectivity index (χ3v) is 9.05. The molecule has 3 N–H and O–H groups in total. The lowest BCUT2D eigenvalue weighted by Crippen LogP contribution is -2.66. The van der Waals surface area contributed by atoms with Crippen LogP contribution in [0.1, 0.15) is 60.8 Å². The van der Waals surface area contributed by atoms with Crippen molar-refractivity contribution in [1.29, 1.82) is 0 Å². The molecule has 2 saturated carbocycles. The number of allylic oxidation sites excluding steroid dienone is 1. The number of Topliss-reactive ketones (excluding diaryl/α,β-unsaturated/α-hetero) is 1. The van der Waals surface area contributed by atoms with E-state index in [1.54, 1.807) is 19.1 Å². The van der Waals surface area contributed by atoms with Gasteiger partial charge in [-0.1, -0.05) is 39.8 Å². The van der Waals surface area contributed by atoms with Crippen molar-refractivity contribution in [3.63, 3.8) is 0 Å². The van der Waals surface area contributed by atoms with Crippen LogP contribution in [0.15, 0.2) is 23.3 Å². The van der Waals surface area contributed by atoms with Crippen molar-refractivity contribution >= 4 is 17.7 Å². The Kier molecular flexibility index (Phi) is 5.70. The molecule has 0 saturated heterocycles. The van der Waals surface area contributed by atoms with Crippen LogP contribution in [-0.4, -0.2) is 63.1 Å². The second-order valence-electron chi connectivity index (χ2n) is 11.2. The molecule has 0 radical (unpaired) electrons. The van der Waals surface area contributed by atoms with Gasteiger partial charge in [0.2, 0.25) is 0 Å². The average molecular weight is 477 g/mol. The first-order valence-electron chi connectivity index (χ1n) is 12.1. The van der Waals surface area contributed by atoms with Gasteiger partial charge in [0.25, 0.3) is 0 Å². The van der Waals surface area contributed by atoms with Crippen molar-refractivity contribution in [1.82, 2.24) is 0 Å². The highest BCUT2D eigenvalue weighted by Crippen LogP contribution is 2.75. The van der Waals surface area contributed by atoms with Crippen molar-refractivity contribution in [2.24, 2.45) is 28.6 Å². The molecule has 2 bridgehead atoms. The average Bonchev–Trinajstić information content (AvgIpc) is 3.14. The maximum absolute atomic E-state index is 14.4. The van der Waals surface area contributed by atoms with Crippen LogP contribution in [0.2, 0.25) is 0 Å². The zero-order valence-electron chi connectivity index (χ0n) is 20.8. The van der Waals surface area contributed by atoms with Gasteiger partial charge in [-0.15, -0.1) is 0 Å². The summed E-state index contributed by atoms with van der Waals surface area (Å²) in [5.41, 5.74) is -4.70.